The first-order chi connectivity index (χ1) is 11.9. The van der Waals surface area contributed by atoms with E-state index in [9.17, 15) is 14.4 Å². The van der Waals surface area contributed by atoms with Crippen molar-refractivity contribution in [2.45, 2.75) is 11.9 Å². The fourth-order valence-electron chi connectivity index (χ4n) is 2.04. The Morgan fingerprint density at radius 3 is 2.76 bits per heavy atom. The number of esters is 1. The van der Waals surface area contributed by atoms with Crippen molar-refractivity contribution in [2.24, 2.45) is 0 Å². The van der Waals surface area contributed by atoms with Crippen LogP contribution in [-0.2, 0) is 9.53 Å². The second-order valence-electron chi connectivity index (χ2n) is 4.91. The summed E-state index contributed by atoms with van der Waals surface area (Å²) in [6, 6.07) is 6.91. The van der Waals surface area contributed by atoms with Crippen LogP contribution in [-0.4, -0.2) is 41.8 Å². The summed E-state index contributed by atoms with van der Waals surface area (Å²) < 4.78 is 9.79. The molecule has 0 aliphatic heterocycles. The van der Waals surface area contributed by atoms with E-state index in [2.05, 4.69) is 15.3 Å². The standard InChI is InChI=1S/C16H17N3O5S/c1-9-13(15(21)24-3)14(19-16(22)17-9)25-8-12(20)18-10-5-4-6-11(7-10)23-2/h4-7H,8H2,1-3H3,(H,18,20)(H,17,19,22). The van der Waals surface area contributed by atoms with Crippen LogP contribution < -0.4 is 15.7 Å². The molecule has 1 heterocycles. The van der Waals surface area contributed by atoms with Crippen LogP contribution in [0, 0.1) is 6.92 Å². The van der Waals surface area contributed by atoms with Crippen molar-refractivity contribution in [3.05, 3.63) is 46.0 Å². The van der Waals surface area contributed by atoms with Gasteiger partial charge in [0.05, 0.1) is 20.0 Å². The first kappa shape index (κ1) is 18.5. The molecule has 0 fully saturated rings. The molecule has 8 nitrogen and oxygen atoms in total. The molecule has 9 heteroatoms. The molecule has 1 aromatic heterocycles. The van der Waals surface area contributed by atoms with E-state index in [1.807, 2.05) is 0 Å². The maximum absolute atomic E-state index is 12.1. The molecule has 1 amide bonds. The number of aromatic nitrogens is 2. The van der Waals surface area contributed by atoms with Gasteiger partial charge in [-0.15, -0.1) is 0 Å². The van der Waals surface area contributed by atoms with Crippen molar-refractivity contribution in [2.75, 3.05) is 25.3 Å². The van der Waals surface area contributed by atoms with Gasteiger partial charge in [0.15, 0.2) is 0 Å². The van der Waals surface area contributed by atoms with E-state index in [1.54, 1.807) is 31.2 Å². The van der Waals surface area contributed by atoms with Crippen LogP contribution in [0.3, 0.4) is 0 Å². The number of hydrogen-bond donors (Lipinski definition) is 2. The number of aryl methyl sites for hydroxylation is 1. The van der Waals surface area contributed by atoms with Crippen molar-refractivity contribution in [3.8, 4) is 5.75 Å². The fraction of sp³-hybridized carbons (Fsp3) is 0.250. The van der Waals surface area contributed by atoms with Crippen LogP contribution in [0.15, 0.2) is 34.1 Å². The third kappa shape index (κ3) is 4.83. The van der Waals surface area contributed by atoms with E-state index < -0.39 is 11.7 Å². The highest BCUT2D eigenvalue weighted by atomic mass is 32.2. The van der Waals surface area contributed by atoms with Gasteiger partial charge in [-0.1, -0.05) is 17.8 Å². The second kappa shape index (κ2) is 8.34. The highest BCUT2D eigenvalue weighted by Crippen LogP contribution is 2.22. The molecule has 132 valence electrons. The first-order valence-electron chi connectivity index (χ1n) is 7.20. The number of aromatic amines is 1. The lowest BCUT2D eigenvalue weighted by Gasteiger charge is -2.09. The Labute approximate surface area is 148 Å². The number of benzene rings is 1. The van der Waals surface area contributed by atoms with Crippen LogP contribution in [0.2, 0.25) is 0 Å². The Hall–Kier alpha value is -2.81. The number of carbonyl (C=O) groups is 2. The Bertz CT molecular complexity index is 850. The largest absolute Gasteiger partial charge is 0.497 e. The van der Waals surface area contributed by atoms with Gasteiger partial charge in [-0.2, -0.15) is 4.98 Å². The number of thioether (sulfide) groups is 1. The summed E-state index contributed by atoms with van der Waals surface area (Å²) in [5.41, 5.74) is 0.456. The number of rotatable bonds is 6. The second-order valence-corrected chi connectivity index (χ2v) is 5.87. The lowest BCUT2D eigenvalue weighted by molar-refractivity contribution is -0.113. The number of amides is 1. The number of hydrogen-bond acceptors (Lipinski definition) is 7. The summed E-state index contributed by atoms with van der Waals surface area (Å²) in [6.07, 6.45) is 0. The van der Waals surface area contributed by atoms with E-state index in [1.165, 1.54) is 14.2 Å². The fourth-order valence-corrected chi connectivity index (χ4v) is 2.91. The molecule has 0 saturated heterocycles. The normalized spacial score (nSPS) is 10.2. The van der Waals surface area contributed by atoms with Gasteiger partial charge in [-0.25, -0.2) is 9.59 Å². The molecular formula is C16H17N3O5S. The minimum atomic E-state index is -0.628. The molecule has 0 bridgehead atoms. The third-order valence-corrected chi connectivity index (χ3v) is 4.14. The number of methoxy groups -OCH3 is 2. The summed E-state index contributed by atoms with van der Waals surface area (Å²) in [6.45, 7) is 1.57. The number of carbonyl (C=O) groups excluding carboxylic acids is 2. The molecule has 0 aliphatic carbocycles. The molecule has 0 unspecified atom stereocenters. The van der Waals surface area contributed by atoms with Gasteiger partial charge in [0.2, 0.25) is 5.91 Å². The first-order valence-corrected chi connectivity index (χ1v) is 8.19. The van der Waals surface area contributed by atoms with E-state index >= 15 is 0 Å². The summed E-state index contributed by atoms with van der Waals surface area (Å²) >= 11 is 0.981. The molecule has 0 radical (unpaired) electrons. The molecule has 25 heavy (non-hydrogen) atoms. The SMILES string of the molecule is COC(=O)c1c(SCC(=O)Nc2cccc(OC)c2)nc(=O)[nH]c1C. The molecule has 1 aromatic carbocycles. The minimum Gasteiger partial charge on any atom is -0.497 e. The molecular weight excluding hydrogens is 346 g/mol. The van der Waals surface area contributed by atoms with Gasteiger partial charge in [0.25, 0.3) is 0 Å². The zero-order valence-corrected chi connectivity index (χ0v) is 14.7. The lowest BCUT2D eigenvalue weighted by Crippen LogP contribution is -2.20. The van der Waals surface area contributed by atoms with Crippen LogP contribution in [0.25, 0.3) is 0 Å². The highest BCUT2D eigenvalue weighted by molar-refractivity contribution is 8.00. The van der Waals surface area contributed by atoms with Crippen molar-refractivity contribution in [1.82, 2.24) is 9.97 Å². The molecule has 0 aliphatic rings. The van der Waals surface area contributed by atoms with Gasteiger partial charge >= 0.3 is 11.7 Å². The predicted molar refractivity (Wildman–Crippen MR) is 93.3 cm³/mol. The van der Waals surface area contributed by atoms with Crippen LogP contribution in [0.4, 0.5) is 5.69 Å². The Kier molecular flexibility index (Phi) is 6.18. The molecule has 0 spiro atoms. The maximum atomic E-state index is 12.1. The van der Waals surface area contributed by atoms with Crippen molar-refractivity contribution in [1.29, 1.82) is 0 Å². The van der Waals surface area contributed by atoms with Gasteiger partial charge < -0.3 is 19.8 Å². The van der Waals surface area contributed by atoms with Gasteiger partial charge in [0, 0.05) is 17.4 Å². The zero-order valence-electron chi connectivity index (χ0n) is 13.9. The average molecular weight is 363 g/mol. The number of nitrogens with one attached hydrogen (secondary N) is 2. The van der Waals surface area contributed by atoms with E-state index in [-0.39, 0.29) is 22.2 Å². The highest BCUT2D eigenvalue weighted by Gasteiger charge is 2.19. The smallest absolute Gasteiger partial charge is 0.346 e. The molecule has 0 atom stereocenters. The molecule has 2 N–H and O–H groups in total. The lowest BCUT2D eigenvalue weighted by atomic mass is 10.2. The topological polar surface area (TPSA) is 110 Å². The van der Waals surface area contributed by atoms with Gasteiger partial charge in [-0.3, -0.25) is 4.79 Å². The van der Waals surface area contributed by atoms with Crippen LogP contribution in [0.1, 0.15) is 16.1 Å². The number of ether oxygens (including phenoxy) is 2. The van der Waals surface area contributed by atoms with E-state index in [4.69, 9.17) is 9.47 Å². The van der Waals surface area contributed by atoms with Gasteiger partial charge in [0.1, 0.15) is 16.3 Å². The van der Waals surface area contributed by atoms with Crippen molar-refractivity contribution >= 4 is 29.3 Å². The molecule has 0 saturated carbocycles. The Morgan fingerprint density at radius 2 is 2.08 bits per heavy atom. The molecule has 2 rings (SSSR count). The number of anilines is 1. The number of nitrogens with zero attached hydrogens (tertiary/aromatic N) is 1. The summed E-state index contributed by atoms with van der Waals surface area (Å²) in [5, 5.41) is 2.86. The van der Waals surface area contributed by atoms with E-state index in [0.29, 0.717) is 17.1 Å². The third-order valence-electron chi connectivity index (χ3n) is 3.17. The quantitative estimate of drug-likeness (QED) is 0.456. The van der Waals surface area contributed by atoms with E-state index in [0.717, 1.165) is 11.8 Å². The average Bonchev–Trinajstić information content (AvgIpc) is 2.59. The van der Waals surface area contributed by atoms with Crippen LogP contribution >= 0.6 is 11.8 Å². The zero-order chi connectivity index (χ0) is 18.4. The monoisotopic (exact) mass is 363 g/mol. The Morgan fingerprint density at radius 1 is 1.32 bits per heavy atom. The summed E-state index contributed by atoms with van der Waals surface area (Å²) in [5.74, 6) is -0.354. The van der Waals surface area contributed by atoms with Crippen molar-refractivity contribution in [3.63, 3.8) is 0 Å². The maximum Gasteiger partial charge on any atom is 0.346 e. The summed E-state index contributed by atoms with van der Waals surface area (Å²) in [4.78, 5) is 41.7. The van der Waals surface area contributed by atoms with Gasteiger partial charge in [-0.05, 0) is 19.1 Å². The van der Waals surface area contributed by atoms with Crippen molar-refractivity contribution < 1.29 is 19.1 Å². The minimum absolute atomic E-state index is 0.0307. The Balaban J connectivity index is 2.11. The van der Waals surface area contributed by atoms with Crippen LogP contribution in [0.5, 0.6) is 5.75 Å². The predicted octanol–water partition coefficient (Wildman–Crippen LogP) is 1.60. The summed E-state index contributed by atoms with van der Waals surface area (Å²) in [7, 11) is 2.77. The molecule has 2 aromatic rings. The number of H-pyrrole nitrogens is 1.